The summed E-state index contributed by atoms with van der Waals surface area (Å²) in [6.07, 6.45) is 6.67. The van der Waals surface area contributed by atoms with E-state index in [-0.39, 0.29) is 0 Å². The largest absolute Gasteiger partial charge is 0.311 e. The molecular weight excluding hydrogens is 248 g/mol. The Morgan fingerprint density at radius 2 is 2.15 bits per heavy atom. The number of nitrogens with one attached hydrogen (secondary N) is 1. The Morgan fingerprint density at radius 3 is 3.00 bits per heavy atom. The fraction of sp³-hybridized carbons (Fsp3) is 0.562. The molecule has 0 amide bonds. The number of hydrogen-bond acceptors (Lipinski definition) is 3. The van der Waals surface area contributed by atoms with E-state index in [4.69, 9.17) is 0 Å². The number of aromatic nitrogens is 2. The van der Waals surface area contributed by atoms with Gasteiger partial charge in [0, 0.05) is 31.4 Å². The van der Waals surface area contributed by atoms with Gasteiger partial charge >= 0.3 is 0 Å². The molecule has 0 radical (unpaired) electrons. The predicted molar refractivity (Wildman–Crippen MR) is 81.7 cm³/mol. The van der Waals surface area contributed by atoms with Gasteiger partial charge in [0.2, 0.25) is 0 Å². The van der Waals surface area contributed by atoms with E-state index in [2.05, 4.69) is 34.4 Å². The van der Waals surface area contributed by atoms with E-state index in [0.29, 0.717) is 0 Å². The van der Waals surface area contributed by atoms with Gasteiger partial charge in [-0.25, -0.2) is 4.52 Å². The highest BCUT2D eigenvalue weighted by Crippen LogP contribution is 2.15. The summed E-state index contributed by atoms with van der Waals surface area (Å²) in [6.45, 7) is 8.00. The fourth-order valence-corrected chi connectivity index (χ4v) is 2.87. The van der Waals surface area contributed by atoms with Crippen LogP contribution in [0.2, 0.25) is 0 Å². The molecule has 0 aromatic carbocycles. The molecule has 2 aromatic heterocycles. The molecule has 0 atom stereocenters. The second kappa shape index (κ2) is 6.37. The first-order chi connectivity index (χ1) is 9.83. The van der Waals surface area contributed by atoms with E-state index in [1.54, 1.807) is 0 Å². The highest BCUT2D eigenvalue weighted by Gasteiger charge is 2.14. The normalized spacial score (nSPS) is 17.9. The summed E-state index contributed by atoms with van der Waals surface area (Å²) in [6, 6.07) is 6.19. The molecular formula is C16H24N4. The van der Waals surface area contributed by atoms with Crippen LogP contribution in [0.1, 0.15) is 25.3 Å². The molecule has 0 bridgehead atoms. The molecule has 1 aliphatic rings. The minimum absolute atomic E-state index is 0.901. The monoisotopic (exact) mass is 272 g/mol. The minimum atomic E-state index is 0.901. The Bertz CT molecular complexity index is 540. The molecule has 0 aliphatic carbocycles. The molecule has 1 N–H and O–H groups in total. The van der Waals surface area contributed by atoms with E-state index in [1.165, 1.54) is 37.0 Å². The van der Waals surface area contributed by atoms with Crippen molar-refractivity contribution >= 4 is 5.52 Å². The molecule has 108 valence electrons. The minimum Gasteiger partial charge on any atom is -0.311 e. The average molecular weight is 272 g/mol. The Morgan fingerprint density at radius 1 is 1.30 bits per heavy atom. The van der Waals surface area contributed by atoms with Crippen molar-refractivity contribution in [3.05, 3.63) is 36.2 Å². The molecule has 20 heavy (non-hydrogen) atoms. The standard InChI is InChI=1S/C16H24N4/c1-14-5-9-19(10-6-14)11-7-17-12-15-13-18-20-8-3-2-4-16(15)20/h2-4,8,13-14,17H,5-7,9-12H2,1H3. The highest BCUT2D eigenvalue weighted by atomic mass is 15.2. The molecule has 1 fully saturated rings. The molecule has 0 unspecified atom stereocenters. The third kappa shape index (κ3) is 3.19. The number of hydrogen-bond donors (Lipinski definition) is 1. The summed E-state index contributed by atoms with van der Waals surface area (Å²) >= 11 is 0. The lowest BCUT2D eigenvalue weighted by Crippen LogP contribution is -2.37. The second-order valence-corrected chi connectivity index (χ2v) is 5.90. The summed E-state index contributed by atoms with van der Waals surface area (Å²) in [5, 5.41) is 7.91. The number of fused-ring (bicyclic) bond motifs is 1. The van der Waals surface area contributed by atoms with Crippen LogP contribution in [-0.4, -0.2) is 40.7 Å². The molecule has 0 spiro atoms. The maximum absolute atomic E-state index is 4.36. The Balaban J connectivity index is 1.44. The van der Waals surface area contributed by atoms with E-state index < -0.39 is 0 Å². The van der Waals surface area contributed by atoms with Crippen molar-refractivity contribution < 1.29 is 0 Å². The summed E-state index contributed by atoms with van der Waals surface area (Å²) in [7, 11) is 0. The fourth-order valence-electron chi connectivity index (χ4n) is 2.87. The van der Waals surface area contributed by atoms with Crippen LogP contribution in [0.3, 0.4) is 0 Å². The summed E-state index contributed by atoms with van der Waals surface area (Å²) in [4.78, 5) is 2.57. The molecule has 1 aliphatic heterocycles. The zero-order chi connectivity index (χ0) is 13.8. The van der Waals surface area contributed by atoms with Crippen molar-refractivity contribution in [1.29, 1.82) is 0 Å². The number of nitrogens with zero attached hydrogens (tertiary/aromatic N) is 3. The number of pyridine rings is 1. The lowest BCUT2D eigenvalue weighted by molar-refractivity contribution is 0.193. The quantitative estimate of drug-likeness (QED) is 0.847. The van der Waals surface area contributed by atoms with E-state index >= 15 is 0 Å². The highest BCUT2D eigenvalue weighted by molar-refractivity contribution is 5.53. The number of likely N-dealkylation sites (tertiary alicyclic amines) is 1. The second-order valence-electron chi connectivity index (χ2n) is 5.90. The van der Waals surface area contributed by atoms with Crippen LogP contribution >= 0.6 is 0 Å². The number of piperidine rings is 1. The van der Waals surface area contributed by atoms with Crippen LogP contribution in [0, 0.1) is 5.92 Å². The SMILES string of the molecule is CC1CCN(CCNCc2cnn3ccccc23)CC1. The molecule has 1 saturated heterocycles. The predicted octanol–water partition coefficient (Wildman–Crippen LogP) is 2.16. The van der Waals surface area contributed by atoms with Gasteiger partial charge in [0.05, 0.1) is 11.7 Å². The van der Waals surface area contributed by atoms with Gasteiger partial charge in [0.25, 0.3) is 0 Å². The van der Waals surface area contributed by atoms with Crippen molar-refractivity contribution in [2.24, 2.45) is 5.92 Å². The van der Waals surface area contributed by atoms with Gasteiger partial charge < -0.3 is 10.2 Å². The maximum atomic E-state index is 4.36. The molecule has 3 rings (SSSR count). The third-order valence-electron chi connectivity index (χ3n) is 4.30. The Labute approximate surface area is 120 Å². The van der Waals surface area contributed by atoms with Crippen molar-refractivity contribution in [1.82, 2.24) is 19.8 Å². The Kier molecular flexibility index (Phi) is 4.33. The Hall–Kier alpha value is -1.39. The molecule has 4 heteroatoms. The van der Waals surface area contributed by atoms with Crippen LogP contribution in [-0.2, 0) is 6.54 Å². The van der Waals surface area contributed by atoms with Gasteiger partial charge in [-0.05, 0) is 44.0 Å². The van der Waals surface area contributed by atoms with E-state index in [0.717, 1.165) is 25.6 Å². The lowest BCUT2D eigenvalue weighted by atomic mass is 9.99. The van der Waals surface area contributed by atoms with E-state index in [9.17, 15) is 0 Å². The van der Waals surface area contributed by atoms with Crippen LogP contribution < -0.4 is 5.32 Å². The lowest BCUT2D eigenvalue weighted by Gasteiger charge is -2.30. The first-order valence-electron chi connectivity index (χ1n) is 7.67. The molecule has 2 aromatic rings. The first-order valence-corrected chi connectivity index (χ1v) is 7.67. The van der Waals surface area contributed by atoms with Gasteiger partial charge in [0.15, 0.2) is 0 Å². The molecule has 0 saturated carbocycles. The van der Waals surface area contributed by atoms with Gasteiger partial charge in [-0.15, -0.1) is 0 Å². The summed E-state index contributed by atoms with van der Waals surface area (Å²) in [5.41, 5.74) is 2.48. The first kappa shape index (κ1) is 13.6. The zero-order valence-electron chi connectivity index (χ0n) is 12.3. The smallest absolute Gasteiger partial charge is 0.0706 e. The van der Waals surface area contributed by atoms with Crippen LogP contribution in [0.15, 0.2) is 30.6 Å². The van der Waals surface area contributed by atoms with Crippen molar-refractivity contribution in [3.63, 3.8) is 0 Å². The van der Waals surface area contributed by atoms with Gasteiger partial charge in [-0.1, -0.05) is 13.0 Å². The van der Waals surface area contributed by atoms with Crippen LogP contribution in [0.5, 0.6) is 0 Å². The average Bonchev–Trinajstić information content (AvgIpc) is 2.89. The van der Waals surface area contributed by atoms with Gasteiger partial charge in [-0.2, -0.15) is 5.10 Å². The summed E-state index contributed by atoms with van der Waals surface area (Å²) < 4.78 is 1.93. The number of rotatable bonds is 5. The van der Waals surface area contributed by atoms with E-state index in [1.807, 2.05) is 23.0 Å². The van der Waals surface area contributed by atoms with Gasteiger partial charge in [-0.3, -0.25) is 0 Å². The van der Waals surface area contributed by atoms with Crippen molar-refractivity contribution in [2.45, 2.75) is 26.3 Å². The molecule has 3 heterocycles. The van der Waals surface area contributed by atoms with Gasteiger partial charge in [0.1, 0.15) is 0 Å². The summed E-state index contributed by atoms with van der Waals surface area (Å²) in [5.74, 6) is 0.915. The van der Waals surface area contributed by atoms with Crippen LogP contribution in [0.4, 0.5) is 0 Å². The third-order valence-corrected chi connectivity index (χ3v) is 4.30. The van der Waals surface area contributed by atoms with Crippen molar-refractivity contribution in [2.75, 3.05) is 26.2 Å². The topological polar surface area (TPSA) is 32.6 Å². The molecule has 4 nitrogen and oxygen atoms in total. The zero-order valence-corrected chi connectivity index (χ0v) is 12.3. The van der Waals surface area contributed by atoms with Crippen LogP contribution in [0.25, 0.3) is 5.52 Å². The maximum Gasteiger partial charge on any atom is 0.0706 e. The van der Waals surface area contributed by atoms with Crippen molar-refractivity contribution in [3.8, 4) is 0 Å².